The summed E-state index contributed by atoms with van der Waals surface area (Å²) in [7, 11) is 1.54. The molecule has 0 unspecified atom stereocenters. The third kappa shape index (κ3) is 4.40. The van der Waals surface area contributed by atoms with Crippen LogP contribution in [-0.2, 0) is 4.79 Å². The highest BCUT2D eigenvalue weighted by atomic mass is 79.9. The minimum absolute atomic E-state index is 0.121. The van der Waals surface area contributed by atoms with Gasteiger partial charge in [0.2, 0.25) is 5.91 Å². The normalized spacial score (nSPS) is 10.6. The number of para-hydroxylation sites is 1. The molecule has 0 bridgehead atoms. The van der Waals surface area contributed by atoms with Crippen LogP contribution in [0.2, 0.25) is 5.02 Å². The largest absolute Gasteiger partial charge is 0.331 e. The van der Waals surface area contributed by atoms with Crippen LogP contribution >= 0.6 is 27.5 Å². The van der Waals surface area contributed by atoms with Crippen molar-refractivity contribution in [2.45, 2.75) is 6.92 Å². The molecule has 0 atom stereocenters. The van der Waals surface area contributed by atoms with Crippen molar-refractivity contribution in [1.29, 1.82) is 0 Å². The van der Waals surface area contributed by atoms with E-state index in [-0.39, 0.29) is 18.1 Å². The number of hydrogen-bond donors (Lipinski definition) is 1. The summed E-state index contributed by atoms with van der Waals surface area (Å²) in [5.74, 6) is -0.712. The molecular formula is C19H17BrClN5O2. The first-order valence-electron chi connectivity index (χ1n) is 8.35. The maximum Gasteiger partial charge on any atom is 0.276 e. The van der Waals surface area contributed by atoms with Crippen molar-refractivity contribution in [3.05, 3.63) is 69.4 Å². The molecule has 1 N–H and O–H groups in total. The van der Waals surface area contributed by atoms with Gasteiger partial charge < -0.3 is 10.2 Å². The highest BCUT2D eigenvalue weighted by Gasteiger charge is 2.22. The van der Waals surface area contributed by atoms with E-state index in [0.717, 1.165) is 4.47 Å². The Morgan fingerprint density at radius 1 is 1.21 bits per heavy atom. The number of likely N-dealkylation sites (N-methyl/N-ethyl adjacent to an activating group) is 1. The predicted octanol–water partition coefficient (Wildman–Crippen LogP) is 3.70. The third-order valence-corrected chi connectivity index (χ3v) is 4.95. The summed E-state index contributed by atoms with van der Waals surface area (Å²) in [6.07, 6.45) is 0. The molecule has 0 aliphatic carbocycles. The van der Waals surface area contributed by atoms with Gasteiger partial charge in [0.1, 0.15) is 0 Å². The van der Waals surface area contributed by atoms with Gasteiger partial charge in [0.15, 0.2) is 5.69 Å². The number of anilines is 1. The lowest BCUT2D eigenvalue weighted by molar-refractivity contribution is -0.116. The summed E-state index contributed by atoms with van der Waals surface area (Å²) in [6, 6.07) is 14.3. The second-order valence-electron chi connectivity index (χ2n) is 6.10. The van der Waals surface area contributed by atoms with Gasteiger partial charge in [-0.25, -0.2) is 4.68 Å². The molecular weight excluding hydrogens is 446 g/mol. The van der Waals surface area contributed by atoms with E-state index >= 15 is 0 Å². The lowest BCUT2D eigenvalue weighted by Crippen LogP contribution is -2.35. The molecule has 3 aromatic rings. The van der Waals surface area contributed by atoms with Gasteiger partial charge in [0.05, 0.1) is 23.6 Å². The predicted molar refractivity (Wildman–Crippen MR) is 111 cm³/mol. The Kier molecular flexibility index (Phi) is 6.11. The van der Waals surface area contributed by atoms with Crippen molar-refractivity contribution in [3.8, 4) is 5.69 Å². The monoisotopic (exact) mass is 461 g/mol. The van der Waals surface area contributed by atoms with Gasteiger partial charge in [-0.05, 0) is 53.2 Å². The first-order chi connectivity index (χ1) is 13.4. The maximum atomic E-state index is 12.7. The quantitative estimate of drug-likeness (QED) is 0.627. The van der Waals surface area contributed by atoms with Crippen LogP contribution in [0.4, 0.5) is 5.69 Å². The molecule has 0 aliphatic rings. The highest BCUT2D eigenvalue weighted by Crippen LogP contribution is 2.21. The molecule has 2 amide bonds. The number of carbonyl (C=O) groups excluding carboxylic acids is 2. The van der Waals surface area contributed by atoms with Gasteiger partial charge in [-0.2, -0.15) is 0 Å². The molecule has 1 aromatic heterocycles. The molecule has 0 radical (unpaired) electrons. The van der Waals surface area contributed by atoms with Gasteiger partial charge in [0, 0.05) is 16.5 Å². The Labute approximate surface area is 175 Å². The van der Waals surface area contributed by atoms with Crippen LogP contribution in [0.3, 0.4) is 0 Å². The lowest BCUT2D eigenvalue weighted by atomic mass is 10.2. The molecule has 0 saturated heterocycles. The zero-order chi connectivity index (χ0) is 20.3. The van der Waals surface area contributed by atoms with E-state index in [4.69, 9.17) is 11.6 Å². The molecule has 3 rings (SSSR count). The fourth-order valence-electron chi connectivity index (χ4n) is 2.60. The fourth-order valence-corrected chi connectivity index (χ4v) is 3.17. The van der Waals surface area contributed by atoms with Crippen molar-refractivity contribution in [1.82, 2.24) is 19.9 Å². The van der Waals surface area contributed by atoms with E-state index in [1.165, 1.54) is 9.58 Å². The maximum absolute atomic E-state index is 12.7. The summed E-state index contributed by atoms with van der Waals surface area (Å²) in [5.41, 5.74) is 2.07. The van der Waals surface area contributed by atoms with Crippen molar-refractivity contribution in [3.63, 3.8) is 0 Å². The minimum atomic E-state index is -0.395. The fraction of sp³-hybridized carbons (Fsp3) is 0.158. The van der Waals surface area contributed by atoms with E-state index in [2.05, 4.69) is 31.6 Å². The summed E-state index contributed by atoms with van der Waals surface area (Å²) < 4.78 is 2.30. The average Bonchev–Trinajstić information content (AvgIpc) is 3.04. The molecule has 144 valence electrons. The zero-order valence-electron chi connectivity index (χ0n) is 15.2. The number of aromatic nitrogens is 3. The van der Waals surface area contributed by atoms with Crippen LogP contribution in [0.5, 0.6) is 0 Å². The topological polar surface area (TPSA) is 80.1 Å². The lowest BCUT2D eigenvalue weighted by Gasteiger charge is -2.16. The molecule has 0 saturated carbocycles. The molecule has 9 heteroatoms. The number of carbonyl (C=O) groups is 2. The number of hydrogen-bond acceptors (Lipinski definition) is 4. The highest BCUT2D eigenvalue weighted by molar-refractivity contribution is 9.10. The SMILES string of the molecule is Cc1c(C(=O)N(C)CC(=O)Nc2ccccc2Br)nnn1-c1cccc(Cl)c1. The smallest absolute Gasteiger partial charge is 0.276 e. The van der Waals surface area contributed by atoms with Crippen molar-refractivity contribution >= 4 is 45.0 Å². The summed E-state index contributed by atoms with van der Waals surface area (Å²) in [4.78, 5) is 26.3. The van der Waals surface area contributed by atoms with Crippen molar-refractivity contribution in [2.24, 2.45) is 0 Å². The Hall–Kier alpha value is -2.71. The number of amides is 2. The van der Waals surface area contributed by atoms with E-state index in [1.807, 2.05) is 24.3 Å². The summed E-state index contributed by atoms with van der Waals surface area (Å²) >= 11 is 9.39. The van der Waals surface area contributed by atoms with Crippen LogP contribution < -0.4 is 5.32 Å². The van der Waals surface area contributed by atoms with Crippen molar-refractivity contribution in [2.75, 3.05) is 18.9 Å². The van der Waals surface area contributed by atoms with Crippen LogP contribution in [0, 0.1) is 6.92 Å². The number of nitrogens with zero attached hydrogens (tertiary/aromatic N) is 4. The van der Waals surface area contributed by atoms with Crippen LogP contribution in [0.25, 0.3) is 5.69 Å². The van der Waals surface area contributed by atoms with Crippen molar-refractivity contribution < 1.29 is 9.59 Å². The summed E-state index contributed by atoms with van der Waals surface area (Å²) in [5, 5.41) is 11.4. The number of benzene rings is 2. The van der Waals surface area contributed by atoms with Gasteiger partial charge in [0.25, 0.3) is 5.91 Å². The standard InChI is InChI=1S/C19H17BrClN5O2/c1-12-18(23-24-26(12)14-7-5-6-13(21)10-14)19(28)25(2)11-17(27)22-16-9-4-3-8-15(16)20/h3-10H,11H2,1-2H3,(H,22,27). The molecule has 28 heavy (non-hydrogen) atoms. The Bertz CT molecular complexity index is 1040. The molecule has 0 fully saturated rings. The van der Waals surface area contributed by atoms with Crippen LogP contribution in [-0.4, -0.2) is 45.3 Å². The van der Waals surface area contributed by atoms with E-state index in [9.17, 15) is 9.59 Å². The number of halogens is 2. The van der Waals surface area contributed by atoms with Gasteiger partial charge in [-0.1, -0.05) is 35.0 Å². The first-order valence-corrected chi connectivity index (χ1v) is 9.52. The molecule has 7 nitrogen and oxygen atoms in total. The average molecular weight is 463 g/mol. The first kappa shape index (κ1) is 20.0. The number of nitrogens with one attached hydrogen (secondary N) is 1. The molecule has 0 spiro atoms. The Morgan fingerprint density at radius 3 is 2.68 bits per heavy atom. The van der Waals surface area contributed by atoms with E-state index in [0.29, 0.717) is 22.1 Å². The number of rotatable bonds is 5. The molecule has 0 aliphatic heterocycles. The van der Waals surface area contributed by atoms with Crippen LogP contribution in [0.15, 0.2) is 53.0 Å². The summed E-state index contributed by atoms with van der Waals surface area (Å²) in [6.45, 7) is 1.62. The molecule has 2 aromatic carbocycles. The van der Waals surface area contributed by atoms with Gasteiger partial charge in [-0.3, -0.25) is 9.59 Å². The Morgan fingerprint density at radius 2 is 1.96 bits per heavy atom. The second kappa shape index (κ2) is 8.53. The molecule has 1 heterocycles. The van der Waals surface area contributed by atoms with E-state index in [1.54, 1.807) is 38.2 Å². The second-order valence-corrected chi connectivity index (χ2v) is 7.40. The van der Waals surface area contributed by atoms with E-state index < -0.39 is 5.91 Å². The van der Waals surface area contributed by atoms with Gasteiger partial charge >= 0.3 is 0 Å². The third-order valence-electron chi connectivity index (χ3n) is 4.03. The minimum Gasteiger partial charge on any atom is -0.331 e. The zero-order valence-corrected chi connectivity index (χ0v) is 17.5. The van der Waals surface area contributed by atoms with Crippen LogP contribution in [0.1, 0.15) is 16.2 Å². The Balaban J connectivity index is 1.72. The van der Waals surface area contributed by atoms with Gasteiger partial charge in [-0.15, -0.1) is 5.10 Å².